The molecule has 0 saturated heterocycles. The van der Waals surface area contributed by atoms with Gasteiger partial charge in [-0.2, -0.15) is 0 Å². The summed E-state index contributed by atoms with van der Waals surface area (Å²) in [6.45, 7) is 10.4. The van der Waals surface area contributed by atoms with Crippen molar-refractivity contribution in [3.63, 3.8) is 0 Å². The molecule has 0 aliphatic carbocycles. The minimum absolute atomic E-state index is 0.770. The molecule has 1 N–H and O–H groups in total. The molecule has 0 radical (unpaired) electrons. The molecule has 0 aromatic heterocycles. The maximum Gasteiger partial charge on any atom is 0.00695 e. The average Bonchev–Trinajstić information content (AvgIpc) is 2.35. The second-order valence-electron chi connectivity index (χ2n) is 5.60. The van der Waals surface area contributed by atoms with Gasteiger partial charge in [0.25, 0.3) is 0 Å². The lowest BCUT2D eigenvalue weighted by molar-refractivity contribution is 0.366. The van der Waals surface area contributed by atoms with Crippen LogP contribution < -0.4 is 5.32 Å². The van der Waals surface area contributed by atoms with Gasteiger partial charge in [-0.15, -0.1) is 0 Å². The van der Waals surface area contributed by atoms with Crippen LogP contribution in [0.25, 0.3) is 0 Å². The van der Waals surface area contributed by atoms with E-state index in [1.165, 1.54) is 64.3 Å². The Morgan fingerprint density at radius 1 is 0.882 bits per heavy atom. The molecule has 17 heavy (non-hydrogen) atoms. The van der Waals surface area contributed by atoms with Gasteiger partial charge in [-0.3, -0.25) is 0 Å². The van der Waals surface area contributed by atoms with E-state index in [1.807, 2.05) is 0 Å². The first-order valence-corrected chi connectivity index (χ1v) is 7.97. The first kappa shape index (κ1) is 17.0. The average molecular weight is 241 g/mol. The van der Waals surface area contributed by atoms with Crippen molar-refractivity contribution in [3.8, 4) is 0 Å². The molecule has 1 heteroatoms. The van der Waals surface area contributed by atoms with E-state index in [-0.39, 0.29) is 0 Å². The third-order valence-corrected chi connectivity index (χ3v) is 3.72. The van der Waals surface area contributed by atoms with Gasteiger partial charge in [-0.1, -0.05) is 66.2 Å². The Hall–Kier alpha value is -0.0400. The van der Waals surface area contributed by atoms with Crippen molar-refractivity contribution in [1.29, 1.82) is 0 Å². The molecule has 2 atom stereocenters. The lowest BCUT2D eigenvalue weighted by Gasteiger charge is -2.21. The molecule has 0 amide bonds. The van der Waals surface area contributed by atoms with Gasteiger partial charge < -0.3 is 5.32 Å². The Balaban J connectivity index is 3.68. The third kappa shape index (κ3) is 10.8. The zero-order chi connectivity index (χ0) is 12.9. The van der Waals surface area contributed by atoms with E-state index in [0.29, 0.717) is 0 Å². The molecule has 0 heterocycles. The van der Waals surface area contributed by atoms with Gasteiger partial charge in [0.15, 0.2) is 0 Å². The van der Waals surface area contributed by atoms with Crippen LogP contribution in [0.5, 0.6) is 0 Å². The van der Waals surface area contributed by atoms with E-state index < -0.39 is 0 Å². The van der Waals surface area contributed by atoms with Crippen LogP contribution in [-0.2, 0) is 0 Å². The van der Waals surface area contributed by atoms with Gasteiger partial charge in [-0.25, -0.2) is 0 Å². The minimum atomic E-state index is 0.770. The molecule has 0 spiro atoms. The predicted molar refractivity (Wildman–Crippen MR) is 79.5 cm³/mol. The fraction of sp³-hybridized carbons (Fsp3) is 1.00. The number of hydrogen-bond donors (Lipinski definition) is 1. The highest BCUT2D eigenvalue weighted by atomic mass is 14.9. The molecule has 2 unspecified atom stereocenters. The largest absolute Gasteiger partial charge is 0.314 e. The highest BCUT2D eigenvalue weighted by Gasteiger charge is 2.10. The predicted octanol–water partition coefficient (Wildman–Crippen LogP) is 5.15. The molecule has 1 nitrogen and oxygen atoms in total. The Morgan fingerprint density at radius 2 is 1.59 bits per heavy atom. The van der Waals surface area contributed by atoms with Crippen molar-refractivity contribution in [3.05, 3.63) is 0 Å². The van der Waals surface area contributed by atoms with Gasteiger partial charge >= 0.3 is 0 Å². The molecule has 0 aliphatic heterocycles. The van der Waals surface area contributed by atoms with Crippen molar-refractivity contribution >= 4 is 0 Å². The number of nitrogens with one attached hydrogen (secondary N) is 1. The fourth-order valence-corrected chi connectivity index (χ4v) is 2.30. The van der Waals surface area contributed by atoms with Gasteiger partial charge in [0.2, 0.25) is 0 Å². The van der Waals surface area contributed by atoms with Crippen molar-refractivity contribution in [2.24, 2.45) is 5.92 Å². The fourth-order valence-electron chi connectivity index (χ4n) is 2.30. The molecule has 0 fully saturated rings. The number of unbranched alkanes of at least 4 members (excludes halogenated alkanes) is 4. The second kappa shape index (κ2) is 12.4. The molecule has 104 valence electrons. The summed E-state index contributed by atoms with van der Waals surface area (Å²) >= 11 is 0. The topological polar surface area (TPSA) is 12.0 Å². The van der Waals surface area contributed by atoms with Gasteiger partial charge in [0, 0.05) is 6.04 Å². The van der Waals surface area contributed by atoms with Crippen molar-refractivity contribution in [1.82, 2.24) is 5.32 Å². The SMILES string of the molecule is CCCCCCCC(CC(C)CC)NCCC. The standard InChI is InChI=1S/C16H35N/c1-5-8-9-10-11-12-16(17-13-6-2)14-15(4)7-3/h15-17H,5-14H2,1-4H3. The van der Waals surface area contributed by atoms with E-state index in [1.54, 1.807) is 0 Å². The number of rotatable bonds is 12. The van der Waals surface area contributed by atoms with E-state index in [4.69, 9.17) is 0 Å². The van der Waals surface area contributed by atoms with E-state index in [9.17, 15) is 0 Å². The van der Waals surface area contributed by atoms with Crippen LogP contribution in [0.2, 0.25) is 0 Å². The van der Waals surface area contributed by atoms with Crippen molar-refractivity contribution < 1.29 is 0 Å². The zero-order valence-electron chi connectivity index (χ0n) is 12.7. The van der Waals surface area contributed by atoms with Crippen LogP contribution in [0.15, 0.2) is 0 Å². The van der Waals surface area contributed by atoms with Crippen LogP contribution in [0.1, 0.15) is 85.5 Å². The van der Waals surface area contributed by atoms with E-state index >= 15 is 0 Å². The summed E-state index contributed by atoms with van der Waals surface area (Å²) in [7, 11) is 0. The minimum Gasteiger partial charge on any atom is -0.314 e. The van der Waals surface area contributed by atoms with Gasteiger partial charge in [-0.05, 0) is 31.7 Å². The first-order valence-electron chi connectivity index (χ1n) is 7.97. The quantitative estimate of drug-likeness (QED) is 0.466. The van der Waals surface area contributed by atoms with Crippen LogP contribution in [0.3, 0.4) is 0 Å². The zero-order valence-corrected chi connectivity index (χ0v) is 12.7. The molecular formula is C16H35N. The summed E-state index contributed by atoms with van der Waals surface area (Å²) in [5.41, 5.74) is 0. The van der Waals surface area contributed by atoms with Gasteiger partial charge in [0.1, 0.15) is 0 Å². The Kier molecular flexibility index (Phi) is 12.4. The molecule has 0 bridgehead atoms. The van der Waals surface area contributed by atoms with Crippen LogP contribution >= 0.6 is 0 Å². The molecule has 0 aliphatic rings. The van der Waals surface area contributed by atoms with E-state index in [2.05, 4.69) is 33.0 Å². The number of hydrogen-bond acceptors (Lipinski definition) is 1. The summed E-state index contributed by atoms with van der Waals surface area (Å²) in [6, 6.07) is 0.770. The first-order chi connectivity index (χ1) is 8.24. The van der Waals surface area contributed by atoms with Crippen LogP contribution in [0.4, 0.5) is 0 Å². The molecule has 0 rings (SSSR count). The highest BCUT2D eigenvalue weighted by molar-refractivity contribution is 4.69. The molecule has 0 aromatic rings. The summed E-state index contributed by atoms with van der Waals surface area (Å²) in [4.78, 5) is 0. The van der Waals surface area contributed by atoms with Crippen LogP contribution in [0, 0.1) is 5.92 Å². The Morgan fingerprint density at radius 3 is 2.18 bits per heavy atom. The van der Waals surface area contributed by atoms with Crippen molar-refractivity contribution in [2.75, 3.05) is 6.54 Å². The summed E-state index contributed by atoms with van der Waals surface area (Å²) in [6.07, 6.45) is 12.4. The Bertz CT molecular complexity index is 144. The highest BCUT2D eigenvalue weighted by Crippen LogP contribution is 2.15. The summed E-state index contributed by atoms with van der Waals surface area (Å²) in [5.74, 6) is 0.875. The van der Waals surface area contributed by atoms with E-state index in [0.717, 1.165) is 12.0 Å². The second-order valence-corrected chi connectivity index (χ2v) is 5.60. The summed E-state index contributed by atoms with van der Waals surface area (Å²) in [5, 5.41) is 3.73. The molecular weight excluding hydrogens is 206 g/mol. The monoisotopic (exact) mass is 241 g/mol. The normalized spacial score (nSPS) is 14.8. The Labute approximate surface area is 110 Å². The smallest absolute Gasteiger partial charge is 0.00695 e. The maximum absolute atomic E-state index is 3.73. The third-order valence-electron chi connectivity index (χ3n) is 3.72. The molecule has 0 aromatic carbocycles. The summed E-state index contributed by atoms with van der Waals surface area (Å²) < 4.78 is 0. The maximum atomic E-state index is 3.73. The van der Waals surface area contributed by atoms with Crippen molar-refractivity contribution in [2.45, 2.75) is 91.5 Å². The van der Waals surface area contributed by atoms with Crippen LogP contribution in [-0.4, -0.2) is 12.6 Å². The lowest BCUT2D eigenvalue weighted by Crippen LogP contribution is -2.31. The molecule has 0 saturated carbocycles. The lowest BCUT2D eigenvalue weighted by atomic mass is 9.95. The van der Waals surface area contributed by atoms with Gasteiger partial charge in [0.05, 0.1) is 0 Å².